The number of nitrogens with zero attached hydrogens (tertiary/aromatic N) is 5. The summed E-state index contributed by atoms with van der Waals surface area (Å²) in [7, 11) is 0. The molecule has 0 aliphatic carbocycles. The lowest BCUT2D eigenvalue weighted by Gasteiger charge is -2.02. The van der Waals surface area contributed by atoms with E-state index in [4.69, 9.17) is 17.3 Å². The van der Waals surface area contributed by atoms with Crippen molar-refractivity contribution in [3.05, 3.63) is 35.5 Å². The van der Waals surface area contributed by atoms with Crippen molar-refractivity contribution in [1.82, 2.24) is 24.6 Å². The molecule has 3 aromatic rings. The number of anilines is 1. The zero-order chi connectivity index (χ0) is 12.7. The summed E-state index contributed by atoms with van der Waals surface area (Å²) in [5.41, 5.74) is 6.37. The monoisotopic (exact) mass is 264 g/mol. The number of nitrogen functional groups attached to an aromatic ring is 1. The van der Waals surface area contributed by atoms with Crippen molar-refractivity contribution in [1.29, 1.82) is 0 Å². The van der Waals surface area contributed by atoms with Crippen molar-refractivity contribution in [2.75, 3.05) is 5.73 Å². The topological polar surface area (TPSA) is 82.0 Å². The van der Waals surface area contributed by atoms with E-state index in [2.05, 4.69) is 20.1 Å². The highest BCUT2D eigenvalue weighted by molar-refractivity contribution is 6.29. The van der Waals surface area contributed by atoms with Crippen LogP contribution < -0.4 is 5.73 Å². The van der Waals surface area contributed by atoms with Crippen LogP contribution in [0, 0.1) is 5.82 Å². The van der Waals surface area contributed by atoms with Crippen LogP contribution in [0.15, 0.2) is 24.5 Å². The Morgan fingerprint density at radius 2 is 2.06 bits per heavy atom. The molecule has 0 aliphatic heterocycles. The van der Waals surface area contributed by atoms with Gasteiger partial charge in [0.05, 0.1) is 12.4 Å². The third-order valence-electron chi connectivity index (χ3n) is 2.34. The number of rotatable bonds is 1. The van der Waals surface area contributed by atoms with Crippen LogP contribution in [0.4, 0.5) is 10.3 Å². The first-order valence-electron chi connectivity index (χ1n) is 4.94. The molecule has 0 saturated carbocycles. The second-order valence-corrected chi connectivity index (χ2v) is 3.88. The molecule has 90 valence electrons. The van der Waals surface area contributed by atoms with Gasteiger partial charge in [-0.25, -0.2) is 23.9 Å². The Morgan fingerprint density at radius 3 is 2.89 bits per heavy atom. The minimum atomic E-state index is -0.604. The van der Waals surface area contributed by atoms with Gasteiger partial charge in [-0.3, -0.25) is 0 Å². The second kappa shape index (κ2) is 3.88. The van der Waals surface area contributed by atoms with Crippen molar-refractivity contribution in [3.8, 4) is 11.4 Å². The van der Waals surface area contributed by atoms with Gasteiger partial charge in [0.25, 0.3) is 0 Å². The second-order valence-electron chi connectivity index (χ2n) is 3.49. The summed E-state index contributed by atoms with van der Waals surface area (Å²) in [5, 5.41) is 4.30. The summed E-state index contributed by atoms with van der Waals surface area (Å²) in [4.78, 5) is 11.5. The highest BCUT2D eigenvalue weighted by Gasteiger charge is 2.14. The molecule has 3 aromatic heterocycles. The van der Waals surface area contributed by atoms with Gasteiger partial charge in [-0.1, -0.05) is 11.6 Å². The van der Waals surface area contributed by atoms with Crippen LogP contribution >= 0.6 is 11.6 Å². The Morgan fingerprint density at radius 1 is 1.22 bits per heavy atom. The van der Waals surface area contributed by atoms with Crippen molar-refractivity contribution >= 4 is 23.2 Å². The number of aromatic nitrogens is 5. The molecular weight excluding hydrogens is 259 g/mol. The van der Waals surface area contributed by atoms with E-state index in [9.17, 15) is 4.39 Å². The predicted molar refractivity (Wildman–Crippen MR) is 63.4 cm³/mol. The first-order valence-corrected chi connectivity index (χ1v) is 5.31. The molecule has 0 amide bonds. The van der Waals surface area contributed by atoms with Gasteiger partial charge in [0, 0.05) is 0 Å². The van der Waals surface area contributed by atoms with Crippen LogP contribution in [-0.2, 0) is 0 Å². The summed E-state index contributed by atoms with van der Waals surface area (Å²) in [6.07, 6.45) is 2.45. The largest absolute Gasteiger partial charge is 0.368 e. The summed E-state index contributed by atoms with van der Waals surface area (Å²) in [6.45, 7) is 0. The van der Waals surface area contributed by atoms with Crippen LogP contribution in [0.5, 0.6) is 0 Å². The molecule has 0 aliphatic rings. The SMILES string of the molecule is Nc1ncc(F)c(-c2cnc3ccc(Cl)nn23)n1. The molecule has 0 aromatic carbocycles. The molecule has 0 fully saturated rings. The van der Waals surface area contributed by atoms with Crippen LogP contribution in [0.25, 0.3) is 17.0 Å². The first-order chi connectivity index (χ1) is 8.65. The molecule has 0 unspecified atom stereocenters. The maximum atomic E-state index is 13.7. The molecule has 0 radical (unpaired) electrons. The van der Waals surface area contributed by atoms with Crippen LogP contribution in [-0.4, -0.2) is 24.6 Å². The summed E-state index contributed by atoms with van der Waals surface area (Å²) < 4.78 is 15.1. The highest BCUT2D eigenvalue weighted by Crippen LogP contribution is 2.21. The molecule has 6 nitrogen and oxygen atoms in total. The Hall–Kier alpha value is -2.28. The molecule has 18 heavy (non-hydrogen) atoms. The lowest BCUT2D eigenvalue weighted by atomic mass is 10.3. The van der Waals surface area contributed by atoms with E-state index in [1.807, 2.05) is 0 Å². The molecule has 0 spiro atoms. The van der Waals surface area contributed by atoms with Crippen LogP contribution in [0.2, 0.25) is 5.15 Å². The average molecular weight is 265 g/mol. The number of hydrogen-bond donors (Lipinski definition) is 1. The van der Waals surface area contributed by atoms with Gasteiger partial charge < -0.3 is 5.73 Å². The van der Waals surface area contributed by atoms with Crippen LogP contribution in [0.1, 0.15) is 0 Å². The molecule has 0 atom stereocenters. The third-order valence-corrected chi connectivity index (χ3v) is 2.54. The quantitative estimate of drug-likeness (QED) is 0.721. The molecule has 3 rings (SSSR count). The fraction of sp³-hybridized carbons (Fsp3) is 0. The lowest BCUT2D eigenvalue weighted by molar-refractivity contribution is 0.617. The lowest BCUT2D eigenvalue weighted by Crippen LogP contribution is -2.02. The van der Waals surface area contributed by atoms with Crippen molar-refractivity contribution in [3.63, 3.8) is 0 Å². The van der Waals surface area contributed by atoms with Crippen molar-refractivity contribution in [2.45, 2.75) is 0 Å². The third kappa shape index (κ3) is 1.65. The summed E-state index contributed by atoms with van der Waals surface area (Å²) >= 11 is 5.80. The van der Waals surface area contributed by atoms with Crippen LogP contribution in [0.3, 0.4) is 0 Å². The average Bonchev–Trinajstić information content (AvgIpc) is 2.75. The minimum Gasteiger partial charge on any atom is -0.368 e. The number of fused-ring (bicyclic) bond motifs is 1. The van der Waals surface area contributed by atoms with E-state index >= 15 is 0 Å². The van der Waals surface area contributed by atoms with Gasteiger partial charge in [-0.2, -0.15) is 5.10 Å². The maximum absolute atomic E-state index is 13.7. The first kappa shape index (κ1) is 10.8. The number of halogens is 2. The van der Waals surface area contributed by atoms with E-state index in [0.29, 0.717) is 11.3 Å². The minimum absolute atomic E-state index is 0.0246. The summed E-state index contributed by atoms with van der Waals surface area (Å²) in [6, 6.07) is 3.26. The zero-order valence-electron chi connectivity index (χ0n) is 8.88. The molecular formula is C10H6ClFN6. The fourth-order valence-corrected chi connectivity index (χ4v) is 1.71. The van der Waals surface area contributed by atoms with E-state index in [1.165, 1.54) is 10.7 Å². The van der Waals surface area contributed by atoms with Gasteiger partial charge in [0.15, 0.2) is 11.5 Å². The Balaban J connectivity index is 2.31. The van der Waals surface area contributed by atoms with Gasteiger partial charge in [-0.15, -0.1) is 0 Å². The number of hydrogen-bond acceptors (Lipinski definition) is 5. The summed E-state index contributed by atoms with van der Waals surface area (Å²) in [5.74, 6) is -0.629. The number of imidazole rings is 1. The number of nitrogens with two attached hydrogens (primary N) is 1. The van der Waals surface area contributed by atoms with Crippen molar-refractivity contribution in [2.24, 2.45) is 0 Å². The van der Waals surface area contributed by atoms with E-state index in [1.54, 1.807) is 12.1 Å². The smallest absolute Gasteiger partial charge is 0.220 e. The highest BCUT2D eigenvalue weighted by atomic mass is 35.5. The van der Waals surface area contributed by atoms with Gasteiger partial charge >= 0.3 is 0 Å². The molecule has 8 heteroatoms. The Kier molecular flexibility index (Phi) is 2.34. The van der Waals surface area contributed by atoms with Crippen molar-refractivity contribution < 1.29 is 4.39 Å². The molecule has 2 N–H and O–H groups in total. The van der Waals surface area contributed by atoms with E-state index < -0.39 is 5.82 Å². The standard InChI is InChI=1S/C10H6ClFN6/c11-7-1-2-8-14-4-6(18(8)17-7)9-5(12)3-15-10(13)16-9/h1-4H,(H2,13,15,16). The molecule has 0 saturated heterocycles. The van der Waals surface area contributed by atoms with E-state index in [0.717, 1.165) is 6.20 Å². The maximum Gasteiger partial charge on any atom is 0.220 e. The normalized spacial score (nSPS) is 11.0. The van der Waals surface area contributed by atoms with E-state index in [-0.39, 0.29) is 16.8 Å². The molecule has 0 bridgehead atoms. The Bertz CT molecular complexity index is 740. The zero-order valence-corrected chi connectivity index (χ0v) is 9.63. The fourth-order valence-electron chi connectivity index (χ4n) is 1.57. The van der Waals surface area contributed by atoms with Gasteiger partial charge in [-0.05, 0) is 12.1 Å². The van der Waals surface area contributed by atoms with Gasteiger partial charge in [0.1, 0.15) is 16.5 Å². The van der Waals surface area contributed by atoms with Gasteiger partial charge in [0.2, 0.25) is 5.95 Å². The molecule has 3 heterocycles. The Labute approximate surface area is 105 Å². The predicted octanol–water partition coefficient (Wildman–Crippen LogP) is 1.56.